The molecule has 0 bridgehead atoms. The van der Waals surface area contributed by atoms with E-state index >= 15 is 0 Å². The number of piperidine rings is 1. The molecule has 6 nitrogen and oxygen atoms in total. The maximum atomic E-state index is 12.5. The van der Waals surface area contributed by atoms with Crippen LogP contribution in [0.25, 0.3) is 6.08 Å². The van der Waals surface area contributed by atoms with Crippen molar-refractivity contribution in [3.05, 3.63) is 71.8 Å². The fourth-order valence-electron chi connectivity index (χ4n) is 3.32. The van der Waals surface area contributed by atoms with Gasteiger partial charge in [-0.2, -0.15) is 0 Å². The van der Waals surface area contributed by atoms with Crippen molar-refractivity contribution in [1.29, 1.82) is 0 Å². The van der Waals surface area contributed by atoms with E-state index in [0.717, 1.165) is 5.56 Å². The second-order valence-electron chi connectivity index (χ2n) is 7.03. The molecular weight excluding hydrogens is 368 g/mol. The first-order valence-corrected chi connectivity index (χ1v) is 9.65. The first-order chi connectivity index (χ1) is 14.0. The fourth-order valence-corrected chi connectivity index (χ4v) is 3.32. The molecule has 150 valence electrons. The number of Topliss-reactive ketones (excluding diaryl/α,β-unsaturated/α-hetero) is 1. The molecule has 1 saturated heterocycles. The molecule has 2 amide bonds. The predicted molar refractivity (Wildman–Crippen MR) is 110 cm³/mol. The molecule has 29 heavy (non-hydrogen) atoms. The average Bonchev–Trinajstić information content (AvgIpc) is 2.77. The Hall–Kier alpha value is -3.41. The number of phenols is 1. The lowest BCUT2D eigenvalue weighted by molar-refractivity contribution is -0.133. The number of ketones is 1. The van der Waals surface area contributed by atoms with Gasteiger partial charge in [-0.25, -0.2) is 0 Å². The molecular formula is C23H24N2O4. The van der Waals surface area contributed by atoms with E-state index in [1.165, 1.54) is 18.2 Å². The SMILES string of the molecule is O=C(/C=C/c1ccccc1)NCC(=O)N1CCC(C(=O)c2ccc(O)cc2)CC1. The first kappa shape index (κ1) is 20.3. The molecule has 1 fully saturated rings. The van der Waals surface area contributed by atoms with Gasteiger partial charge in [0.05, 0.1) is 6.54 Å². The van der Waals surface area contributed by atoms with E-state index in [1.54, 1.807) is 23.1 Å². The van der Waals surface area contributed by atoms with Crippen LogP contribution in [-0.2, 0) is 9.59 Å². The van der Waals surface area contributed by atoms with Gasteiger partial charge >= 0.3 is 0 Å². The summed E-state index contributed by atoms with van der Waals surface area (Å²) in [5.41, 5.74) is 1.49. The van der Waals surface area contributed by atoms with Crippen molar-refractivity contribution >= 4 is 23.7 Å². The van der Waals surface area contributed by atoms with E-state index in [2.05, 4.69) is 5.32 Å². The molecule has 0 atom stereocenters. The Morgan fingerprint density at radius 3 is 2.31 bits per heavy atom. The Bertz CT molecular complexity index is 883. The number of rotatable bonds is 6. The number of carbonyl (C=O) groups excluding carboxylic acids is 3. The molecule has 1 heterocycles. The summed E-state index contributed by atoms with van der Waals surface area (Å²) in [5.74, 6) is -0.437. The minimum absolute atomic E-state index is 0.0384. The molecule has 3 rings (SSSR count). The molecule has 0 aliphatic carbocycles. The predicted octanol–water partition coefficient (Wildman–Crippen LogP) is 2.64. The molecule has 1 aliphatic rings. The number of phenolic OH excluding ortho intramolecular Hbond substituents is 1. The number of aromatic hydroxyl groups is 1. The number of nitrogens with one attached hydrogen (secondary N) is 1. The normalized spacial score (nSPS) is 14.7. The van der Waals surface area contributed by atoms with Crippen LogP contribution in [0.3, 0.4) is 0 Å². The summed E-state index contributed by atoms with van der Waals surface area (Å²) < 4.78 is 0. The Balaban J connectivity index is 1.42. The average molecular weight is 392 g/mol. The van der Waals surface area contributed by atoms with Crippen LogP contribution in [0.2, 0.25) is 0 Å². The Morgan fingerprint density at radius 2 is 1.66 bits per heavy atom. The molecule has 2 aromatic carbocycles. The molecule has 2 N–H and O–H groups in total. The van der Waals surface area contributed by atoms with Crippen molar-refractivity contribution in [3.8, 4) is 5.75 Å². The molecule has 0 spiro atoms. The molecule has 6 heteroatoms. The molecule has 0 radical (unpaired) electrons. The molecule has 1 aliphatic heterocycles. The highest BCUT2D eigenvalue weighted by atomic mass is 16.3. The van der Waals surface area contributed by atoms with Crippen LogP contribution in [0.4, 0.5) is 0 Å². The fraction of sp³-hybridized carbons (Fsp3) is 0.261. The van der Waals surface area contributed by atoms with Gasteiger partial charge in [0.15, 0.2) is 5.78 Å². The van der Waals surface area contributed by atoms with Gasteiger partial charge in [0.1, 0.15) is 5.75 Å². The Kier molecular flexibility index (Phi) is 6.79. The molecule has 2 aromatic rings. The van der Waals surface area contributed by atoms with Gasteiger partial charge in [-0.1, -0.05) is 30.3 Å². The largest absolute Gasteiger partial charge is 0.508 e. The van der Waals surface area contributed by atoms with E-state index < -0.39 is 0 Å². The molecule has 0 saturated carbocycles. The van der Waals surface area contributed by atoms with Gasteiger partial charge in [0, 0.05) is 30.6 Å². The standard InChI is InChI=1S/C23H24N2O4/c26-20-9-7-18(8-10-20)23(29)19-12-14-25(15-13-19)22(28)16-24-21(27)11-6-17-4-2-1-3-5-17/h1-11,19,26H,12-16H2,(H,24,27)/b11-6+. The summed E-state index contributed by atoms with van der Waals surface area (Å²) in [6.07, 6.45) is 4.28. The summed E-state index contributed by atoms with van der Waals surface area (Å²) >= 11 is 0. The van der Waals surface area contributed by atoms with Crippen LogP contribution in [-0.4, -0.2) is 47.2 Å². The highest BCUT2D eigenvalue weighted by Crippen LogP contribution is 2.22. The Labute approximate surface area is 169 Å². The summed E-state index contributed by atoms with van der Waals surface area (Å²) in [5, 5.41) is 11.9. The zero-order chi connectivity index (χ0) is 20.6. The third kappa shape index (κ3) is 5.78. The van der Waals surface area contributed by atoms with Crippen LogP contribution in [0.1, 0.15) is 28.8 Å². The Morgan fingerprint density at radius 1 is 1.00 bits per heavy atom. The van der Waals surface area contributed by atoms with Gasteiger partial charge < -0.3 is 15.3 Å². The lowest BCUT2D eigenvalue weighted by atomic mass is 9.89. The summed E-state index contributed by atoms with van der Waals surface area (Å²) in [6, 6.07) is 15.7. The third-order valence-electron chi connectivity index (χ3n) is 5.01. The number of amides is 2. The van der Waals surface area contributed by atoms with Crippen molar-refractivity contribution in [3.63, 3.8) is 0 Å². The van der Waals surface area contributed by atoms with E-state index in [4.69, 9.17) is 0 Å². The minimum Gasteiger partial charge on any atom is -0.508 e. The zero-order valence-electron chi connectivity index (χ0n) is 16.1. The summed E-state index contributed by atoms with van der Waals surface area (Å²) in [4.78, 5) is 38.5. The monoisotopic (exact) mass is 392 g/mol. The topological polar surface area (TPSA) is 86.7 Å². The maximum Gasteiger partial charge on any atom is 0.244 e. The molecule has 0 aromatic heterocycles. The van der Waals surface area contributed by atoms with Gasteiger partial charge in [-0.3, -0.25) is 14.4 Å². The van der Waals surface area contributed by atoms with Crippen LogP contribution in [0.15, 0.2) is 60.7 Å². The van der Waals surface area contributed by atoms with Gasteiger partial charge in [-0.15, -0.1) is 0 Å². The van der Waals surface area contributed by atoms with E-state index in [0.29, 0.717) is 31.5 Å². The number of hydrogen-bond acceptors (Lipinski definition) is 4. The summed E-state index contributed by atoms with van der Waals surface area (Å²) in [6.45, 7) is 0.917. The number of benzene rings is 2. The van der Waals surface area contributed by atoms with Crippen LogP contribution < -0.4 is 5.32 Å². The van der Waals surface area contributed by atoms with Gasteiger partial charge in [-0.05, 0) is 48.7 Å². The van der Waals surface area contributed by atoms with Crippen molar-refractivity contribution in [2.75, 3.05) is 19.6 Å². The lowest BCUT2D eigenvalue weighted by Gasteiger charge is -2.31. The van der Waals surface area contributed by atoms with Gasteiger partial charge in [0.2, 0.25) is 11.8 Å². The highest BCUT2D eigenvalue weighted by molar-refractivity contribution is 5.98. The quantitative estimate of drug-likeness (QED) is 0.585. The van der Waals surface area contributed by atoms with E-state index in [-0.39, 0.29) is 35.8 Å². The number of nitrogens with zero attached hydrogens (tertiary/aromatic N) is 1. The lowest BCUT2D eigenvalue weighted by Crippen LogP contribution is -2.44. The van der Waals surface area contributed by atoms with Crippen molar-refractivity contribution in [1.82, 2.24) is 10.2 Å². The second-order valence-corrected chi connectivity index (χ2v) is 7.03. The van der Waals surface area contributed by atoms with Crippen molar-refractivity contribution < 1.29 is 19.5 Å². The number of hydrogen-bond donors (Lipinski definition) is 2. The van der Waals surface area contributed by atoms with E-state index in [1.807, 2.05) is 30.3 Å². The van der Waals surface area contributed by atoms with E-state index in [9.17, 15) is 19.5 Å². The summed E-state index contributed by atoms with van der Waals surface area (Å²) in [7, 11) is 0. The van der Waals surface area contributed by atoms with Crippen molar-refractivity contribution in [2.24, 2.45) is 5.92 Å². The number of likely N-dealkylation sites (tertiary alicyclic amines) is 1. The number of carbonyl (C=O) groups is 3. The maximum absolute atomic E-state index is 12.5. The van der Waals surface area contributed by atoms with Crippen molar-refractivity contribution in [2.45, 2.75) is 12.8 Å². The smallest absolute Gasteiger partial charge is 0.244 e. The van der Waals surface area contributed by atoms with Gasteiger partial charge in [0.25, 0.3) is 0 Å². The van der Waals surface area contributed by atoms with Crippen LogP contribution in [0, 0.1) is 5.92 Å². The second kappa shape index (κ2) is 9.68. The zero-order valence-corrected chi connectivity index (χ0v) is 16.1. The molecule has 0 unspecified atom stereocenters. The highest BCUT2D eigenvalue weighted by Gasteiger charge is 2.27. The minimum atomic E-state index is -0.320. The third-order valence-corrected chi connectivity index (χ3v) is 5.01. The van der Waals surface area contributed by atoms with Crippen LogP contribution in [0.5, 0.6) is 5.75 Å². The first-order valence-electron chi connectivity index (χ1n) is 9.65. The van der Waals surface area contributed by atoms with Crippen LogP contribution >= 0.6 is 0 Å².